The van der Waals surface area contributed by atoms with Crippen molar-refractivity contribution in [2.24, 2.45) is 0 Å². The number of carbonyl (C=O) groups is 1. The van der Waals surface area contributed by atoms with E-state index in [0.717, 1.165) is 0 Å². The largest absolute Gasteiger partial charge is 0.489 e. The topological polar surface area (TPSA) is 42.0 Å². The van der Waals surface area contributed by atoms with Crippen molar-refractivity contribution in [1.29, 1.82) is 0 Å². The number of ether oxygens (including phenoxy) is 2. The third kappa shape index (κ3) is 4.99. The van der Waals surface area contributed by atoms with Crippen molar-refractivity contribution in [1.82, 2.24) is 9.80 Å². The molecule has 21 heavy (non-hydrogen) atoms. The van der Waals surface area contributed by atoms with Crippen LogP contribution in [0.4, 0.5) is 4.39 Å². The van der Waals surface area contributed by atoms with Gasteiger partial charge in [-0.15, -0.1) is 0 Å². The molecule has 6 heteroatoms. The lowest BCUT2D eigenvalue weighted by atomic mass is 10.3. The zero-order valence-corrected chi connectivity index (χ0v) is 12.3. The number of halogens is 1. The van der Waals surface area contributed by atoms with Gasteiger partial charge in [0, 0.05) is 19.6 Å². The summed E-state index contributed by atoms with van der Waals surface area (Å²) in [6.07, 6.45) is 0. The first kappa shape index (κ1) is 15.7. The quantitative estimate of drug-likeness (QED) is 0.785. The maximum Gasteiger partial charge on any atom is 0.236 e. The van der Waals surface area contributed by atoms with Gasteiger partial charge < -0.3 is 14.4 Å². The molecule has 116 valence electrons. The van der Waals surface area contributed by atoms with E-state index >= 15 is 0 Å². The van der Waals surface area contributed by atoms with Crippen LogP contribution >= 0.6 is 0 Å². The first-order valence-electron chi connectivity index (χ1n) is 7.08. The lowest BCUT2D eigenvalue weighted by molar-refractivity contribution is -0.136. The zero-order valence-electron chi connectivity index (χ0n) is 12.3. The molecule has 1 aliphatic rings. The average Bonchev–Trinajstić information content (AvgIpc) is 2.50. The number of carbonyl (C=O) groups excluding carboxylic acids is 1. The molecule has 1 saturated heterocycles. The molecule has 0 saturated carbocycles. The maximum absolute atomic E-state index is 13.4. The molecule has 0 spiro atoms. The van der Waals surface area contributed by atoms with Gasteiger partial charge in [-0.25, -0.2) is 4.39 Å². The van der Waals surface area contributed by atoms with Crippen LogP contribution in [0.1, 0.15) is 0 Å². The summed E-state index contributed by atoms with van der Waals surface area (Å²) in [4.78, 5) is 15.7. The van der Waals surface area contributed by atoms with Gasteiger partial charge in [-0.2, -0.15) is 0 Å². The second-order valence-electron chi connectivity index (χ2n) is 5.01. The predicted molar refractivity (Wildman–Crippen MR) is 76.8 cm³/mol. The molecule has 2 rings (SSSR count). The number of hydrogen-bond donors (Lipinski definition) is 0. The molecule has 1 aromatic carbocycles. The van der Waals surface area contributed by atoms with Gasteiger partial charge in [-0.05, 0) is 19.2 Å². The second-order valence-corrected chi connectivity index (χ2v) is 5.01. The van der Waals surface area contributed by atoms with E-state index in [1.165, 1.54) is 6.07 Å². The van der Waals surface area contributed by atoms with E-state index in [4.69, 9.17) is 9.47 Å². The van der Waals surface area contributed by atoms with Crippen molar-refractivity contribution in [3.05, 3.63) is 30.1 Å². The molecule has 0 aromatic heterocycles. The number of amides is 1. The van der Waals surface area contributed by atoms with E-state index in [0.29, 0.717) is 46.0 Å². The Morgan fingerprint density at radius 3 is 2.81 bits per heavy atom. The molecule has 1 amide bonds. The van der Waals surface area contributed by atoms with E-state index in [9.17, 15) is 9.18 Å². The van der Waals surface area contributed by atoms with E-state index in [2.05, 4.69) is 0 Å². The van der Waals surface area contributed by atoms with Crippen LogP contribution < -0.4 is 4.74 Å². The summed E-state index contributed by atoms with van der Waals surface area (Å²) in [5, 5.41) is 0. The van der Waals surface area contributed by atoms with Crippen molar-refractivity contribution in [2.75, 3.05) is 53.0 Å². The fourth-order valence-electron chi connectivity index (χ4n) is 2.10. The van der Waals surface area contributed by atoms with Crippen molar-refractivity contribution < 1.29 is 18.7 Å². The van der Waals surface area contributed by atoms with E-state index in [1.807, 2.05) is 11.9 Å². The first-order chi connectivity index (χ1) is 10.2. The molecule has 0 N–H and O–H groups in total. The average molecular weight is 296 g/mol. The Labute approximate surface area is 124 Å². The number of morpholine rings is 1. The molecule has 1 aliphatic heterocycles. The maximum atomic E-state index is 13.4. The van der Waals surface area contributed by atoms with Gasteiger partial charge in [0.2, 0.25) is 5.91 Å². The van der Waals surface area contributed by atoms with Crippen LogP contribution in [0.15, 0.2) is 24.3 Å². The monoisotopic (exact) mass is 296 g/mol. The third-order valence-electron chi connectivity index (χ3n) is 3.34. The molecule has 0 aliphatic carbocycles. The number of hydrogen-bond acceptors (Lipinski definition) is 4. The molecule has 1 aromatic rings. The molecular weight excluding hydrogens is 275 g/mol. The highest BCUT2D eigenvalue weighted by Crippen LogP contribution is 2.14. The van der Waals surface area contributed by atoms with E-state index < -0.39 is 0 Å². The Hall–Kier alpha value is -1.66. The predicted octanol–water partition coefficient (Wildman–Crippen LogP) is 0.995. The van der Waals surface area contributed by atoms with Crippen molar-refractivity contribution in [3.63, 3.8) is 0 Å². The minimum absolute atomic E-state index is 0.0895. The highest BCUT2D eigenvalue weighted by atomic mass is 19.1. The van der Waals surface area contributed by atoms with E-state index in [-0.39, 0.29) is 17.5 Å². The molecular formula is C15H21FN2O3. The molecule has 0 unspecified atom stereocenters. The summed E-state index contributed by atoms with van der Waals surface area (Å²) in [6, 6.07) is 6.30. The fraction of sp³-hybridized carbons (Fsp3) is 0.533. The zero-order chi connectivity index (χ0) is 15.1. The highest BCUT2D eigenvalue weighted by molar-refractivity contribution is 5.78. The summed E-state index contributed by atoms with van der Waals surface area (Å²) in [6.45, 7) is 3.74. The third-order valence-corrected chi connectivity index (χ3v) is 3.34. The Morgan fingerprint density at radius 2 is 2.10 bits per heavy atom. The number of nitrogens with zero attached hydrogens (tertiary/aromatic N) is 2. The SMILES string of the molecule is CN(CCOc1ccccc1F)CC(=O)N1CCOCC1. The van der Waals surface area contributed by atoms with Crippen molar-refractivity contribution >= 4 is 5.91 Å². The Morgan fingerprint density at radius 1 is 1.38 bits per heavy atom. The van der Waals surface area contributed by atoms with E-state index in [1.54, 1.807) is 23.1 Å². The van der Waals surface area contributed by atoms with Gasteiger partial charge in [0.1, 0.15) is 6.61 Å². The van der Waals surface area contributed by atoms with Crippen LogP contribution in [0.2, 0.25) is 0 Å². The van der Waals surface area contributed by atoms with Gasteiger partial charge in [0.05, 0.1) is 19.8 Å². The summed E-state index contributed by atoms with van der Waals surface area (Å²) in [5.41, 5.74) is 0. The molecule has 0 radical (unpaired) electrons. The molecule has 5 nitrogen and oxygen atoms in total. The van der Waals surface area contributed by atoms with Crippen LogP contribution in [0, 0.1) is 5.82 Å². The number of likely N-dealkylation sites (N-methyl/N-ethyl adjacent to an activating group) is 1. The lowest BCUT2D eigenvalue weighted by Crippen LogP contribution is -2.45. The number of rotatable bonds is 6. The van der Waals surface area contributed by atoms with Gasteiger partial charge in [-0.3, -0.25) is 9.69 Å². The molecule has 1 heterocycles. The van der Waals surface area contributed by atoms with Crippen molar-refractivity contribution in [2.45, 2.75) is 0 Å². The number of para-hydroxylation sites is 1. The normalized spacial score (nSPS) is 15.3. The van der Waals surface area contributed by atoms with Crippen LogP contribution in [-0.4, -0.2) is 68.8 Å². The number of benzene rings is 1. The Bertz CT molecular complexity index is 464. The fourth-order valence-corrected chi connectivity index (χ4v) is 2.10. The summed E-state index contributed by atoms with van der Waals surface area (Å²) < 4.78 is 23.9. The van der Waals surface area contributed by atoms with Crippen LogP contribution in [0.25, 0.3) is 0 Å². The summed E-state index contributed by atoms with van der Waals surface area (Å²) >= 11 is 0. The molecule has 0 atom stereocenters. The highest BCUT2D eigenvalue weighted by Gasteiger charge is 2.18. The molecule has 1 fully saturated rings. The Balaban J connectivity index is 1.68. The van der Waals surface area contributed by atoms with Gasteiger partial charge in [0.15, 0.2) is 11.6 Å². The summed E-state index contributed by atoms with van der Waals surface area (Å²) in [5.74, 6) is -0.0401. The van der Waals surface area contributed by atoms with Crippen LogP contribution in [-0.2, 0) is 9.53 Å². The molecule has 0 bridgehead atoms. The Kier molecular flexibility index (Phi) is 5.95. The smallest absolute Gasteiger partial charge is 0.236 e. The van der Waals surface area contributed by atoms with Crippen LogP contribution in [0.5, 0.6) is 5.75 Å². The minimum atomic E-state index is -0.371. The van der Waals surface area contributed by atoms with Gasteiger partial charge in [-0.1, -0.05) is 12.1 Å². The minimum Gasteiger partial charge on any atom is -0.489 e. The van der Waals surface area contributed by atoms with Crippen molar-refractivity contribution in [3.8, 4) is 5.75 Å². The second kappa shape index (κ2) is 7.95. The van der Waals surface area contributed by atoms with Crippen LogP contribution in [0.3, 0.4) is 0 Å². The van der Waals surface area contributed by atoms with Gasteiger partial charge in [0.25, 0.3) is 0 Å². The summed E-state index contributed by atoms with van der Waals surface area (Å²) in [7, 11) is 1.85. The first-order valence-corrected chi connectivity index (χ1v) is 7.08. The lowest BCUT2D eigenvalue weighted by Gasteiger charge is -2.28. The standard InChI is InChI=1S/C15H21FN2O3/c1-17(12-15(19)18-7-9-20-10-8-18)6-11-21-14-5-3-2-4-13(14)16/h2-5H,6-12H2,1H3. The van der Waals surface area contributed by atoms with Gasteiger partial charge >= 0.3 is 0 Å².